The maximum Gasteiger partial charge on any atom is 0.294 e. The molecule has 2 aromatic carbocycles. The highest BCUT2D eigenvalue weighted by molar-refractivity contribution is 8.18. The van der Waals surface area contributed by atoms with Gasteiger partial charge in [0.25, 0.3) is 11.1 Å². The summed E-state index contributed by atoms with van der Waals surface area (Å²) in [6.45, 7) is 12.9. The van der Waals surface area contributed by atoms with Crippen molar-refractivity contribution in [3.05, 3.63) is 63.3 Å². The van der Waals surface area contributed by atoms with Crippen molar-refractivity contribution >= 4 is 46.3 Å². The molecule has 2 aromatic rings. The van der Waals surface area contributed by atoms with E-state index in [4.69, 9.17) is 0 Å². The SMILES string of the molecule is CCCN1c2cc(F)c(/C=C3/SC(=O)N(CC(=O)Nc4ccc(C)cc4C)C3=O)cc2C(C)CC1(C)C. The molecule has 1 saturated heterocycles. The Kier molecular flexibility index (Phi) is 7.51. The molecule has 1 atom stereocenters. The molecule has 8 heteroatoms. The normalized spacial score (nSPS) is 20.0. The van der Waals surface area contributed by atoms with Gasteiger partial charge in [-0.15, -0.1) is 0 Å². The second-order valence-electron chi connectivity index (χ2n) is 10.6. The second-order valence-corrected chi connectivity index (χ2v) is 11.6. The highest BCUT2D eigenvalue weighted by Crippen LogP contribution is 2.45. The van der Waals surface area contributed by atoms with Crippen LogP contribution in [0.25, 0.3) is 6.08 Å². The Hall–Kier alpha value is -3.13. The lowest BCUT2D eigenvalue weighted by atomic mass is 9.79. The van der Waals surface area contributed by atoms with Gasteiger partial charge >= 0.3 is 0 Å². The molecule has 37 heavy (non-hydrogen) atoms. The fourth-order valence-electron chi connectivity index (χ4n) is 5.34. The molecule has 196 valence electrons. The predicted molar refractivity (Wildman–Crippen MR) is 148 cm³/mol. The lowest BCUT2D eigenvalue weighted by molar-refractivity contribution is -0.127. The Morgan fingerprint density at radius 1 is 1.22 bits per heavy atom. The largest absolute Gasteiger partial charge is 0.366 e. The molecule has 3 amide bonds. The van der Waals surface area contributed by atoms with Crippen molar-refractivity contribution in [1.82, 2.24) is 4.90 Å². The van der Waals surface area contributed by atoms with Crippen LogP contribution in [-0.4, -0.2) is 40.6 Å². The average Bonchev–Trinajstić information content (AvgIpc) is 3.06. The third-order valence-corrected chi connectivity index (χ3v) is 7.98. The summed E-state index contributed by atoms with van der Waals surface area (Å²) in [5.74, 6) is -1.29. The van der Waals surface area contributed by atoms with E-state index in [0.29, 0.717) is 5.69 Å². The van der Waals surface area contributed by atoms with Crippen LogP contribution in [0.15, 0.2) is 35.2 Å². The van der Waals surface area contributed by atoms with Crippen molar-refractivity contribution < 1.29 is 18.8 Å². The van der Waals surface area contributed by atoms with Gasteiger partial charge in [-0.05, 0) is 93.6 Å². The molecule has 0 spiro atoms. The smallest absolute Gasteiger partial charge is 0.294 e. The summed E-state index contributed by atoms with van der Waals surface area (Å²) >= 11 is 0.727. The number of benzene rings is 2. The van der Waals surface area contributed by atoms with Crippen molar-refractivity contribution in [3.8, 4) is 0 Å². The van der Waals surface area contributed by atoms with Crippen LogP contribution in [0, 0.1) is 19.7 Å². The van der Waals surface area contributed by atoms with E-state index in [-0.39, 0.29) is 21.9 Å². The molecule has 0 aromatic heterocycles. The highest BCUT2D eigenvalue weighted by atomic mass is 32.2. The van der Waals surface area contributed by atoms with Gasteiger partial charge in [0.1, 0.15) is 12.4 Å². The molecule has 1 fully saturated rings. The van der Waals surface area contributed by atoms with Gasteiger partial charge in [0.05, 0.1) is 4.91 Å². The van der Waals surface area contributed by atoms with E-state index in [1.54, 1.807) is 18.2 Å². The number of nitrogens with one attached hydrogen (secondary N) is 1. The standard InChI is InChI=1S/C29H34FN3O3S/c1-7-10-33-24-14-22(30)20(12-21(24)19(4)15-29(33,5)6)13-25-27(35)32(28(36)37-25)16-26(34)31-23-9-8-17(2)11-18(23)3/h8-9,11-14,19H,7,10,15-16H2,1-6H3,(H,31,34)/b25-13+. The molecule has 2 heterocycles. The number of carbonyl (C=O) groups is 3. The van der Waals surface area contributed by atoms with Gasteiger partial charge in [0, 0.05) is 29.0 Å². The van der Waals surface area contributed by atoms with E-state index < -0.39 is 29.4 Å². The van der Waals surface area contributed by atoms with Crippen molar-refractivity contribution in [2.24, 2.45) is 0 Å². The van der Waals surface area contributed by atoms with Crippen LogP contribution in [0.4, 0.5) is 20.6 Å². The number of aryl methyl sites for hydroxylation is 2. The number of halogens is 1. The molecular weight excluding hydrogens is 489 g/mol. The summed E-state index contributed by atoms with van der Waals surface area (Å²) in [6, 6.07) is 8.96. The maximum atomic E-state index is 15.3. The molecule has 2 aliphatic heterocycles. The van der Waals surface area contributed by atoms with Gasteiger partial charge in [0.15, 0.2) is 0 Å². The minimum absolute atomic E-state index is 0.0866. The first kappa shape index (κ1) is 26.9. The van der Waals surface area contributed by atoms with Crippen LogP contribution in [-0.2, 0) is 9.59 Å². The minimum Gasteiger partial charge on any atom is -0.366 e. The van der Waals surface area contributed by atoms with Crippen LogP contribution < -0.4 is 10.2 Å². The van der Waals surface area contributed by atoms with Gasteiger partial charge in [-0.25, -0.2) is 4.39 Å². The van der Waals surface area contributed by atoms with Crippen LogP contribution in [0.2, 0.25) is 0 Å². The van der Waals surface area contributed by atoms with E-state index >= 15 is 4.39 Å². The van der Waals surface area contributed by atoms with Crippen LogP contribution in [0.3, 0.4) is 0 Å². The summed E-state index contributed by atoms with van der Waals surface area (Å²) in [5, 5.41) is 2.21. The van der Waals surface area contributed by atoms with E-state index in [1.165, 1.54) is 6.08 Å². The molecule has 0 saturated carbocycles. The number of imide groups is 1. The zero-order valence-corrected chi connectivity index (χ0v) is 23.1. The number of hydrogen-bond acceptors (Lipinski definition) is 5. The molecule has 2 aliphatic rings. The van der Waals surface area contributed by atoms with Crippen molar-refractivity contribution in [1.29, 1.82) is 0 Å². The first-order valence-electron chi connectivity index (χ1n) is 12.6. The van der Waals surface area contributed by atoms with Crippen molar-refractivity contribution in [2.45, 2.75) is 65.8 Å². The molecule has 0 bridgehead atoms. The van der Waals surface area contributed by atoms with Gasteiger partial charge in [0.2, 0.25) is 5.91 Å². The number of carbonyl (C=O) groups excluding carboxylic acids is 3. The van der Waals surface area contributed by atoms with Gasteiger partial charge in [-0.3, -0.25) is 19.3 Å². The average molecular weight is 524 g/mol. The number of amides is 3. The maximum absolute atomic E-state index is 15.3. The van der Waals surface area contributed by atoms with Crippen molar-refractivity contribution in [2.75, 3.05) is 23.3 Å². The zero-order valence-electron chi connectivity index (χ0n) is 22.3. The Bertz CT molecular complexity index is 1300. The van der Waals surface area contributed by atoms with Gasteiger partial charge in [-0.2, -0.15) is 0 Å². The number of rotatable bonds is 6. The van der Waals surface area contributed by atoms with Crippen LogP contribution in [0.5, 0.6) is 0 Å². The topological polar surface area (TPSA) is 69.7 Å². The van der Waals surface area contributed by atoms with Crippen LogP contribution in [0.1, 0.15) is 68.7 Å². The number of fused-ring (bicyclic) bond motifs is 1. The zero-order chi connectivity index (χ0) is 27.1. The second kappa shape index (κ2) is 10.3. The Morgan fingerprint density at radius 3 is 2.62 bits per heavy atom. The molecular formula is C29H34FN3O3S. The van der Waals surface area contributed by atoms with Gasteiger partial charge < -0.3 is 10.2 Å². The Labute approximate surface area is 222 Å². The predicted octanol–water partition coefficient (Wildman–Crippen LogP) is 6.62. The fourth-order valence-corrected chi connectivity index (χ4v) is 6.17. The number of hydrogen-bond donors (Lipinski definition) is 1. The summed E-state index contributed by atoms with van der Waals surface area (Å²) < 4.78 is 15.3. The third kappa shape index (κ3) is 5.44. The molecule has 1 unspecified atom stereocenters. The lowest BCUT2D eigenvalue weighted by Gasteiger charge is -2.47. The third-order valence-electron chi connectivity index (χ3n) is 7.07. The monoisotopic (exact) mass is 523 g/mol. The number of thioether (sulfide) groups is 1. The van der Waals surface area contributed by atoms with Crippen molar-refractivity contribution in [3.63, 3.8) is 0 Å². The number of nitrogens with zero attached hydrogens (tertiary/aromatic N) is 2. The summed E-state index contributed by atoms with van der Waals surface area (Å²) in [6.07, 6.45) is 3.31. The first-order valence-corrected chi connectivity index (χ1v) is 13.5. The Morgan fingerprint density at radius 2 is 1.95 bits per heavy atom. The van der Waals surface area contributed by atoms with Gasteiger partial charge in [-0.1, -0.05) is 31.5 Å². The lowest BCUT2D eigenvalue weighted by Crippen LogP contribution is -2.48. The molecule has 1 N–H and O–H groups in total. The molecule has 6 nitrogen and oxygen atoms in total. The summed E-state index contributed by atoms with van der Waals surface area (Å²) in [4.78, 5) is 41.5. The first-order chi connectivity index (χ1) is 17.4. The molecule has 0 aliphatic carbocycles. The van der Waals surface area contributed by atoms with Crippen LogP contribution >= 0.6 is 11.8 Å². The van der Waals surface area contributed by atoms with E-state index in [0.717, 1.165) is 58.4 Å². The van der Waals surface area contributed by atoms with E-state index in [9.17, 15) is 14.4 Å². The summed E-state index contributed by atoms with van der Waals surface area (Å²) in [5.41, 5.74) is 4.69. The Balaban J connectivity index is 1.56. The molecule has 0 radical (unpaired) electrons. The fraction of sp³-hybridized carbons (Fsp3) is 0.414. The van der Waals surface area contributed by atoms with E-state index in [1.807, 2.05) is 26.0 Å². The van der Waals surface area contributed by atoms with E-state index in [2.05, 4.69) is 37.9 Å². The quantitative estimate of drug-likeness (QED) is 0.431. The molecule has 4 rings (SSSR count). The highest BCUT2D eigenvalue weighted by Gasteiger charge is 2.38. The minimum atomic E-state index is -0.593. The number of anilines is 2. The summed E-state index contributed by atoms with van der Waals surface area (Å²) in [7, 11) is 0.